The number of fused-ring (bicyclic) bond motifs is 2. The molecule has 92 valence electrons. The third kappa shape index (κ3) is 1.29. The van der Waals surface area contributed by atoms with Crippen LogP contribution in [0.3, 0.4) is 0 Å². The Kier molecular flexibility index (Phi) is 2.17. The van der Waals surface area contributed by atoms with E-state index in [1.165, 1.54) is 0 Å². The molecule has 0 aromatic rings. The molecular weight excluding hydrogens is 212 g/mol. The highest BCUT2D eigenvalue weighted by Gasteiger charge is 2.73. The van der Waals surface area contributed by atoms with E-state index in [2.05, 4.69) is 0 Å². The van der Waals surface area contributed by atoms with Crippen LogP contribution in [0.1, 0.15) is 20.3 Å². The van der Waals surface area contributed by atoms with Crippen LogP contribution in [0.25, 0.3) is 0 Å². The fourth-order valence-electron chi connectivity index (χ4n) is 2.94. The summed E-state index contributed by atoms with van der Waals surface area (Å²) in [5, 5.41) is 9.22. The van der Waals surface area contributed by atoms with Crippen molar-refractivity contribution in [3.63, 3.8) is 0 Å². The molecule has 1 saturated carbocycles. The summed E-state index contributed by atoms with van der Waals surface area (Å²) in [6.07, 6.45) is 0.133. The smallest absolute Gasteiger partial charge is 0.186 e. The molecule has 0 amide bonds. The van der Waals surface area contributed by atoms with Gasteiger partial charge in [0.1, 0.15) is 17.8 Å². The van der Waals surface area contributed by atoms with Gasteiger partial charge in [-0.3, -0.25) is 0 Å². The summed E-state index contributed by atoms with van der Waals surface area (Å²) in [5.74, 6) is -0.441. The van der Waals surface area contributed by atoms with Crippen molar-refractivity contribution >= 4 is 0 Å². The van der Waals surface area contributed by atoms with Crippen LogP contribution < -0.4 is 0 Å². The van der Waals surface area contributed by atoms with Crippen LogP contribution in [0.5, 0.6) is 0 Å². The normalized spacial score (nSPS) is 53.2. The van der Waals surface area contributed by atoms with E-state index in [0.29, 0.717) is 0 Å². The van der Waals surface area contributed by atoms with Gasteiger partial charge in [-0.2, -0.15) is 0 Å². The van der Waals surface area contributed by atoms with E-state index in [1.54, 1.807) is 7.11 Å². The maximum atomic E-state index is 9.22. The van der Waals surface area contributed by atoms with Crippen molar-refractivity contribution in [2.45, 2.75) is 50.2 Å². The molecule has 2 aliphatic heterocycles. The number of ether oxygens (including phenoxy) is 4. The molecule has 1 spiro atoms. The van der Waals surface area contributed by atoms with Gasteiger partial charge in [-0.05, 0) is 20.3 Å². The van der Waals surface area contributed by atoms with E-state index < -0.39 is 5.79 Å². The van der Waals surface area contributed by atoms with E-state index in [-0.39, 0.29) is 36.6 Å². The molecule has 0 unspecified atom stereocenters. The van der Waals surface area contributed by atoms with Gasteiger partial charge in [-0.15, -0.1) is 0 Å². The summed E-state index contributed by atoms with van der Waals surface area (Å²) in [6, 6.07) is 0. The van der Waals surface area contributed by atoms with Gasteiger partial charge in [-0.1, -0.05) is 0 Å². The average Bonchev–Trinajstić information content (AvgIpc) is 2.75. The van der Waals surface area contributed by atoms with Crippen LogP contribution in [0.15, 0.2) is 0 Å². The first-order valence-corrected chi connectivity index (χ1v) is 5.69. The Morgan fingerprint density at radius 3 is 2.62 bits per heavy atom. The van der Waals surface area contributed by atoms with E-state index in [9.17, 15) is 5.11 Å². The Balaban J connectivity index is 1.85. The van der Waals surface area contributed by atoms with Crippen LogP contribution in [0, 0.1) is 5.92 Å². The molecule has 3 fully saturated rings. The monoisotopic (exact) mass is 230 g/mol. The minimum Gasteiger partial charge on any atom is -0.396 e. The number of rotatable bonds is 2. The van der Waals surface area contributed by atoms with E-state index in [0.717, 1.165) is 6.42 Å². The average molecular weight is 230 g/mol. The van der Waals surface area contributed by atoms with Crippen molar-refractivity contribution in [1.29, 1.82) is 0 Å². The number of hydrogen-bond acceptors (Lipinski definition) is 5. The lowest BCUT2D eigenvalue weighted by Gasteiger charge is -2.23. The maximum Gasteiger partial charge on any atom is 0.186 e. The summed E-state index contributed by atoms with van der Waals surface area (Å²) in [5.41, 5.74) is -0.381. The topological polar surface area (TPSA) is 57.2 Å². The Labute approximate surface area is 94.6 Å². The van der Waals surface area contributed by atoms with Crippen molar-refractivity contribution in [2.75, 3.05) is 13.7 Å². The summed E-state index contributed by atoms with van der Waals surface area (Å²) in [7, 11) is 1.60. The fraction of sp³-hybridized carbons (Fsp3) is 1.00. The lowest BCUT2D eigenvalue weighted by Crippen LogP contribution is -2.33. The zero-order valence-corrected chi connectivity index (χ0v) is 9.80. The minimum atomic E-state index is -0.592. The van der Waals surface area contributed by atoms with Gasteiger partial charge < -0.3 is 24.1 Å². The first-order chi connectivity index (χ1) is 7.52. The second-order valence-electron chi connectivity index (χ2n) is 5.28. The molecule has 3 rings (SSSR count). The van der Waals surface area contributed by atoms with Gasteiger partial charge in [0.05, 0.1) is 0 Å². The van der Waals surface area contributed by atoms with Gasteiger partial charge in [0.2, 0.25) is 0 Å². The van der Waals surface area contributed by atoms with E-state index in [4.69, 9.17) is 18.9 Å². The van der Waals surface area contributed by atoms with Gasteiger partial charge >= 0.3 is 0 Å². The van der Waals surface area contributed by atoms with Crippen LogP contribution in [0.4, 0.5) is 0 Å². The number of aliphatic hydroxyl groups is 1. The highest BCUT2D eigenvalue weighted by molar-refractivity contribution is 5.18. The Morgan fingerprint density at radius 2 is 2.06 bits per heavy atom. The molecule has 0 aromatic carbocycles. The molecule has 16 heavy (non-hydrogen) atoms. The third-order valence-electron chi connectivity index (χ3n) is 3.76. The molecule has 1 N–H and O–H groups in total. The van der Waals surface area contributed by atoms with E-state index >= 15 is 0 Å². The Morgan fingerprint density at radius 1 is 1.31 bits per heavy atom. The van der Waals surface area contributed by atoms with Gasteiger partial charge in [0.15, 0.2) is 12.1 Å². The molecule has 3 aliphatic rings. The number of methoxy groups -OCH3 is 1. The molecule has 5 nitrogen and oxygen atoms in total. The van der Waals surface area contributed by atoms with Crippen molar-refractivity contribution in [3.05, 3.63) is 0 Å². The van der Waals surface area contributed by atoms with Crippen molar-refractivity contribution in [3.8, 4) is 0 Å². The molecule has 1 aliphatic carbocycles. The van der Waals surface area contributed by atoms with Crippen LogP contribution in [0.2, 0.25) is 0 Å². The van der Waals surface area contributed by atoms with Crippen LogP contribution >= 0.6 is 0 Å². The standard InChI is InChI=1S/C11H18O5/c1-10(2)14-7-8(15-10)11(4-6(11)5-12)16-9(7)13-3/h6-9,12H,4-5H2,1-3H3/t6-,7-,8+,9-,11+/m1/s1. The zero-order valence-electron chi connectivity index (χ0n) is 9.80. The number of hydrogen-bond donors (Lipinski definition) is 1. The lowest BCUT2D eigenvalue weighted by molar-refractivity contribution is -0.235. The first-order valence-electron chi connectivity index (χ1n) is 5.69. The van der Waals surface area contributed by atoms with E-state index in [1.807, 2.05) is 13.8 Å². The van der Waals surface area contributed by atoms with Crippen molar-refractivity contribution < 1.29 is 24.1 Å². The lowest BCUT2D eigenvalue weighted by atomic mass is 10.1. The SMILES string of the molecule is CO[C@@H]1O[C@]2(C[C@@H]2CO)[C@H]2OC(C)(C)O[C@@H]12. The number of aliphatic hydroxyl groups excluding tert-OH is 1. The largest absolute Gasteiger partial charge is 0.396 e. The maximum absolute atomic E-state index is 9.22. The molecule has 2 heterocycles. The third-order valence-corrected chi connectivity index (χ3v) is 3.76. The quantitative estimate of drug-likeness (QED) is 0.737. The summed E-state index contributed by atoms with van der Waals surface area (Å²) < 4.78 is 22.8. The van der Waals surface area contributed by atoms with Crippen molar-refractivity contribution in [1.82, 2.24) is 0 Å². The highest BCUT2D eigenvalue weighted by atomic mass is 16.8. The van der Waals surface area contributed by atoms with Gasteiger partial charge in [0.25, 0.3) is 0 Å². The second kappa shape index (κ2) is 3.17. The van der Waals surface area contributed by atoms with Gasteiger partial charge in [-0.25, -0.2) is 0 Å². The van der Waals surface area contributed by atoms with Gasteiger partial charge in [0, 0.05) is 19.6 Å². The highest BCUT2D eigenvalue weighted by Crippen LogP contribution is 2.59. The minimum absolute atomic E-state index is 0.121. The molecule has 2 saturated heterocycles. The van der Waals surface area contributed by atoms with Crippen LogP contribution in [-0.4, -0.2) is 48.7 Å². The molecular formula is C11H18O5. The van der Waals surface area contributed by atoms with Crippen molar-refractivity contribution in [2.24, 2.45) is 5.92 Å². The summed E-state index contributed by atoms with van der Waals surface area (Å²) >= 11 is 0. The second-order valence-corrected chi connectivity index (χ2v) is 5.28. The molecule has 5 heteroatoms. The Bertz CT molecular complexity index is 305. The fourth-order valence-corrected chi connectivity index (χ4v) is 2.94. The Hall–Kier alpha value is -0.200. The molecule has 0 bridgehead atoms. The molecule has 0 aromatic heterocycles. The summed E-state index contributed by atoms with van der Waals surface area (Å²) in [4.78, 5) is 0. The first kappa shape index (κ1) is 10.9. The predicted molar refractivity (Wildman–Crippen MR) is 53.6 cm³/mol. The van der Waals surface area contributed by atoms with Crippen LogP contribution in [-0.2, 0) is 18.9 Å². The molecule has 5 atom stereocenters. The molecule has 0 radical (unpaired) electrons. The summed E-state index contributed by atoms with van der Waals surface area (Å²) in [6.45, 7) is 3.91. The zero-order chi connectivity index (χ0) is 11.6. The predicted octanol–water partition coefficient (Wildman–Crippen LogP) is 0.260.